The minimum absolute atomic E-state index is 0.0256. The molecule has 0 spiro atoms. The molecular weight excluding hydrogens is 527 g/mol. The van der Waals surface area contributed by atoms with E-state index in [-0.39, 0.29) is 17.9 Å². The first-order valence-corrected chi connectivity index (χ1v) is 13.6. The first-order chi connectivity index (χ1) is 18.7. The Labute approximate surface area is 227 Å². The van der Waals surface area contributed by atoms with E-state index in [1.54, 1.807) is 29.9 Å². The zero-order chi connectivity index (χ0) is 27.3. The first kappa shape index (κ1) is 25.6. The lowest BCUT2D eigenvalue weighted by Crippen LogP contribution is -2.64. The van der Waals surface area contributed by atoms with E-state index in [1.165, 1.54) is 17.4 Å². The Morgan fingerprint density at radius 1 is 0.974 bits per heavy atom. The molecule has 202 valence electrons. The Morgan fingerprint density at radius 3 is 2.44 bits per heavy atom. The van der Waals surface area contributed by atoms with Crippen LogP contribution in [0.15, 0.2) is 60.2 Å². The van der Waals surface area contributed by atoms with Gasteiger partial charge in [0, 0.05) is 92.2 Å². The number of rotatable bonds is 4. The van der Waals surface area contributed by atoms with Crippen molar-refractivity contribution in [2.75, 3.05) is 39.3 Å². The Hall–Kier alpha value is -3.70. The number of alkyl halides is 3. The van der Waals surface area contributed by atoms with Gasteiger partial charge in [-0.2, -0.15) is 13.2 Å². The largest absolute Gasteiger partial charge is 0.416 e. The van der Waals surface area contributed by atoms with E-state index >= 15 is 0 Å². The van der Waals surface area contributed by atoms with Crippen molar-refractivity contribution in [2.24, 2.45) is 7.05 Å². The van der Waals surface area contributed by atoms with Crippen molar-refractivity contribution in [3.05, 3.63) is 76.4 Å². The topological polar surface area (TPSA) is 61.7 Å². The molecule has 0 aliphatic carbocycles. The van der Waals surface area contributed by atoms with Gasteiger partial charge in [-0.25, -0.2) is 4.98 Å². The van der Waals surface area contributed by atoms with Gasteiger partial charge in [0.05, 0.1) is 5.56 Å². The summed E-state index contributed by atoms with van der Waals surface area (Å²) in [5, 5.41) is 3.11. The molecule has 4 heterocycles. The average molecular weight is 554 g/mol. The summed E-state index contributed by atoms with van der Waals surface area (Å²) in [6.45, 7) is 4.05. The number of carbonyl (C=O) groups excluding carboxylic acids is 2. The number of likely N-dealkylation sites (tertiary alicyclic amines) is 1. The molecule has 2 saturated heterocycles. The smallest absolute Gasteiger partial charge is 0.350 e. The maximum absolute atomic E-state index is 13.2. The van der Waals surface area contributed by atoms with Crippen LogP contribution in [0.4, 0.5) is 13.2 Å². The highest BCUT2D eigenvalue weighted by atomic mass is 32.1. The number of aryl methyl sites for hydroxylation is 1. The summed E-state index contributed by atoms with van der Waals surface area (Å²) >= 11 is 1.35. The van der Waals surface area contributed by atoms with E-state index in [1.807, 2.05) is 33.5 Å². The number of hydrogen-bond acceptors (Lipinski definition) is 5. The van der Waals surface area contributed by atoms with Crippen LogP contribution < -0.4 is 0 Å². The van der Waals surface area contributed by atoms with Crippen molar-refractivity contribution in [3.63, 3.8) is 0 Å². The first-order valence-electron chi connectivity index (χ1n) is 12.7. The molecule has 2 aliphatic rings. The molecule has 0 radical (unpaired) electrons. The van der Waals surface area contributed by atoms with Crippen LogP contribution in [0.3, 0.4) is 0 Å². The van der Waals surface area contributed by atoms with Crippen LogP contribution in [0.2, 0.25) is 0 Å². The predicted octanol–water partition coefficient (Wildman–Crippen LogP) is 4.60. The number of hydrogen-bond donors (Lipinski definition) is 0. The predicted molar refractivity (Wildman–Crippen MR) is 143 cm³/mol. The molecule has 0 saturated carbocycles. The van der Waals surface area contributed by atoms with Crippen molar-refractivity contribution < 1.29 is 22.8 Å². The van der Waals surface area contributed by atoms with Crippen LogP contribution in [0.5, 0.6) is 0 Å². The number of amides is 2. The lowest BCUT2D eigenvalue weighted by Gasteiger charge is -2.48. The average Bonchev–Trinajstić information content (AvgIpc) is 3.56. The second kappa shape index (κ2) is 9.80. The number of nitrogens with zero attached hydrogens (tertiary/aromatic N) is 5. The third kappa shape index (κ3) is 4.80. The van der Waals surface area contributed by atoms with E-state index in [4.69, 9.17) is 0 Å². The Balaban J connectivity index is 1.10. The number of benzene rings is 2. The van der Waals surface area contributed by atoms with Gasteiger partial charge in [0.15, 0.2) is 5.01 Å². The summed E-state index contributed by atoms with van der Waals surface area (Å²) in [6.07, 6.45) is -0.978. The van der Waals surface area contributed by atoms with Gasteiger partial charge in [-0.05, 0) is 29.8 Å². The summed E-state index contributed by atoms with van der Waals surface area (Å²) in [4.78, 5) is 35.8. The molecule has 2 amide bonds. The standard InChI is InChI=1S/C28H26F3N5O2S/c1-33-17-23(18-3-2-4-20(13-18)28(29,30)31)22-6-5-19(14-24(22)33)26(37)36-15-21(16-36)34-8-10-35(11-9-34)27(38)25-32-7-12-39-25/h2-7,12-14,17,21H,8-11,15-16H2,1H3. The maximum atomic E-state index is 13.2. The van der Waals surface area contributed by atoms with Crippen LogP contribution in [0.1, 0.15) is 25.7 Å². The van der Waals surface area contributed by atoms with Gasteiger partial charge >= 0.3 is 6.18 Å². The summed E-state index contributed by atoms with van der Waals surface area (Å²) in [5.74, 6) is -0.0881. The van der Waals surface area contributed by atoms with Gasteiger partial charge in [-0.3, -0.25) is 14.5 Å². The molecule has 0 atom stereocenters. The fourth-order valence-corrected chi connectivity index (χ4v) is 6.00. The van der Waals surface area contributed by atoms with Gasteiger partial charge < -0.3 is 14.4 Å². The van der Waals surface area contributed by atoms with Crippen molar-refractivity contribution in [2.45, 2.75) is 12.2 Å². The van der Waals surface area contributed by atoms with Crippen LogP contribution in [-0.4, -0.2) is 81.4 Å². The minimum atomic E-state index is -4.41. The van der Waals surface area contributed by atoms with Crippen molar-refractivity contribution in [1.82, 2.24) is 24.3 Å². The molecule has 2 aliphatic heterocycles. The number of thiazole rings is 1. The van der Waals surface area contributed by atoms with Crippen LogP contribution >= 0.6 is 11.3 Å². The lowest BCUT2D eigenvalue weighted by atomic mass is 10.00. The molecule has 7 nitrogen and oxygen atoms in total. The molecule has 2 aromatic heterocycles. The molecule has 4 aromatic rings. The minimum Gasteiger partial charge on any atom is -0.350 e. The van der Waals surface area contributed by atoms with Gasteiger partial charge in [0.2, 0.25) is 0 Å². The molecule has 0 N–H and O–H groups in total. The highest BCUT2D eigenvalue weighted by Gasteiger charge is 2.37. The molecule has 2 fully saturated rings. The van der Waals surface area contributed by atoms with Crippen LogP contribution in [-0.2, 0) is 13.2 Å². The van der Waals surface area contributed by atoms with Gasteiger partial charge in [-0.15, -0.1) is 11.3 Å². The van der Waals surface area contributed by atoms with E-state index < -0.39 is 11.7 Å². The Kier molecular flexibility index (Phi) is 6.43. The van der Waals surface area contributed by atoms with Crippen molar-refractivity contribution in [3.8, 4) is 11.1 Å². The summed E-state index contributed by atoms with van der Waals surface area (Å²) < 4.78 is 41.6. The summed E-state index contributed by atoms with van der Waals surface area (Å²) in [7, 11) is 1.83. The maximum Gasteiger partial charge on any atom is 0.416 e. The molecule has 11 heteroatoms. The second-order valence-corrected chi connectivity index (χ2v) is 10.9. The Bertz CT molecular complexity index is 1530. The van der Waals surface area contributed by atoms with Crippen LogP contribution in [0, 0.1) is 0 Å². The van der Waals surface area contributed by atoms with Gasteiger partial charge in [-0.1, -0.05) is 18.2 Å². The number of fused-ring (bicyclic) bond motifs is 1. The fraction of sp³-hybridized carbons (Fsp3) is 0.321. The van der Waals surface area contributed by atoms with E-state index in [2.05, 4.69) is 9.88 Å². The Morgan fingerprint density at radius 2 is 1.74 bits per heavy atom. The molecule has 2 aromatic carbocycles. The van der Waals surface area contributed by atoms with E-state index in [0.29, 0.717) is 47.9 Å². The number of halogens is 3. The second-order valence-electron chi connectivity index (χ2n) is 9.99. The molecule has 39 heavy (non-hydrogen) atoms. The highest BCUT2D eigenvalue weighted by molar-refractivity contribution is 7.11. The summed E-state index contributed by atoms with van der Waals surface area (Å²) in [6, 6.07) is 10.9. The summed E-state index contributed by atoms with van der Waals surface area (Å²) in [5.41, 5.74) is 1.81. The third-order valence-corrected chi connectivity index (χ3v) is 8.38. The third-order valence-electron chi connectivity index (χ3n) is 7.62. The zero-order valence-corrected chi connectivity index (χ0v) is 22.0. The number of carbonyl (C=O) groups is 2. The van der Waals surface area contributed by atoms with Crippen molar-refractivity contribution in [1.29, 1.82) is 0 Å². The molecule has 0 unspecified atom stereocenters. The molecule has 0 bridgehead atoms. The highest BCUT2D eigenvalue weighted by Crippen LogP contribution is 2.36. The van der Waals surface area contributed by atoms with Crippen molar-refractivity contribution >= 4 is 34.1 Å². The SMILES string of the molecule is Cn1cc(-c2cccc(C(F)(F)F)c2)c2ccc(C(=O)N3CC(N4CCN(C(=O)c5nccs5)CC4)C3)cc21. The lowest BCUT2D eigenvalue weighted by molar-refractivity contribution is -0.137. The van der Waals surface area contributed by atoms with Gasteiger partial charge in [0.25, 0.3) is 11.8 Å². The van der Waals surface area contributed by atoms with Gasteiger partial charge in [0.1, 0.15) is 0 Å². The monoisotopic (exact) mass is 553 g/mol. The molecule has 6 rings (SSSR count). The quantitative estimate of drug-likeness (QED) is 0.371. The van der Waals surface area contributed by atoms with E-state index in [9.17, 15) is 22.8 Å². The van der Waals surface area contributed by atoms with E-state index in [0.717, 1.165) is 36.1 Å². The number of piperazine rings is 1. The normalized spacial score (nSPS) is 17.0. The molecular formula is C28H26F3N5O2S. The fourth-order valence-electron chi connectivity index (χ4n) is 5.40. The van der Waals surface area contributed by atoms with Crippen LogP contribution in [0.25, 0.3) is 22.0 Å². The zero-order valence-electron chi connectivity index (χ0n) is 21.2. The number of aromatic nitrogens is 2.